The van der Waals surface area contributed by atoms with E-state index in [0.29, 0.717) is 31.9 Å². The molecule has 0 aromatic carbocycles. The Balaban J connectivity index is 2.49. The SMILES string of the molecule is COCCNCC(=O)NC1(C(=O)O)CCCC(C)C1. The van der Waals surface area contributed by atoms with Gasteiger partial charge in [0.1, 0.15) is 5.54 Å². The Morgan fingerprint density at radius 3 is 2.79 bits per heavy atom. The molecule has 2 atom stereocenters. The third-order valence-corrected chi connectivity index (χ3v) is 3.55. The highest BCUT2D eigenvalue weighted by Gasteiger charge is 2.42. The van der Waals surface area contributed by atoms with Crippen LogP contribution in [0.25, 0.3) is 0 Å². The molecule has 0 aromatic rings. The quantitative estimate of drug-likeness (QED) is 0.583. The predicted octanol–water partition coefficient (Wildman–Crippen LogP) is 0.372. The topological polar surface area (TPSA) is 87.7 Å². The lowest BCUT2D eigenvalue weighted by Gasteiger charge is -2.37. The number of aliphatic carboxylic acids is 1. The normalized spacial score (nSPS) is 26.9. The summed E-state index contributed by atoms with van der Waals surface area (Å²) in [7, 11) is 1.59. The molecule has 0 heterocycles. The number of carboxylic acids is 1. The summed E-state index contributed by atoms with van der Waals surface area (Å²) >= 11 is 0. The molecule has 6 nitrogen and oxygen atoms in total. The van der Waals surface area contributed by atoms with E-state index in [4.69, 9.17) is 4.74 Å². The summed E-state index contributed by atoms with van der Waals surface area (Å²) in [5, 5.41) is 15.0. The number of nitrogens with one attached hydrogen (secondary N) is 2. The maximum absolute atomic E-state index is 11.8. The van der Waals surface area contributed by atoms with Crippen LogP contribution in [-0.2, 0) is 14.3 Å². The van der Waals surface area contributed by atoms with Gasteiger partial charge < -0.3 is 20.5 Å². The summed E-state index contributed by atoms with van der Waals surface area (Å²) in [6, 6.07) is 0. The molecule has 1 saturated carbocycles. The number of carboxylic acid groups (broad SMARTS) is 1. The van der Waals surface area contributed by atoms with E-state index in [2.05, 4.69) is 10.6 Å². The molecule has 110 valence electrons. The minimum absolute atomic E-state index is 0.118. The maximum Gasteiger partial charge on any atom is 0.329 e. The van der Waals surface area contributed by atoms with E-state index in [1.807, 2.05) is 6.92 Å². The van der Waals surface area contributed by atoms with Gasteiger partial charge in [-0.05, 0) is 18.8 Å². The van der Waals surface area contributed by atoms with Gasteiger partial charge in [0.15, 0.2) is 0 Å². The average Bonchev–Trinajstić information content (AvgIpc) is 2.34. The Morgan fingerprint density at radius 2 is 2.21 bits per heavy atom. The van der Waals surface area contributed by atoms with Crippen LogP contribution in [0.15, 0.2) is 0 Å². The van der Waals surface area contributed by atoms with E-state index >= 15 is 0 Å². The lowest BCUT2D eigenvalue weighted by Crippen LogP contribution is -2.58. The molecular weight excluding hydrogens is 248 g/mol. The molecule has 0 aliphatic heterocycles. The van der Waals surface area contributed by atoms with Crippen molar-refractivity contribution in [1.29, 1.82) is 0 Å². The highest BCUT2D eigenvalue weighted by atomic mass is 16.5. The zero-order valence-electron chi connectivity index (χ0n) is 11.7. The van der Waals surface area contributed by atoms with Crippen LogP contribution in [0.1, 0.15) is 32.6 Å². The minimum Gasteiger partial charge on any atom is -0.480 e. The summed E-state index contributed by atoms with van der Waals surface area (Å²) in [6.07, 6.45) is 2.88. The van der Waals surface area contributed by atoms with Gasteiger partial charge in [0.2, 0.25) is 5.91 Å². The van der Waals surface area contributed by atoms with Crippen molar-refractivity contribution in [3.05, 3.63) is 0 Å². The summed E-state index contributed by atoms with van der Waals surface area (Å²) < 4.78 is 4.86. The molecule has 2 unspecified atom stereocenters. The molecule has 1 rings (SSSR count). The number of carbonyl (C=O) groups is 2. The van der Waals surface area contributed by atoms with Gasteiger partial charge in [-0.25, -0.2) is 4.79 Å². The van der Waals surface area contributed by atoms with Crippen LogP contribution in [0.2, 0.25) is 0 Å². The Kier molecular flexibility index (Phi) is 6.24. The van der Waals surface area contributed by atoms with Gasteiger partial charge in [0.05, 0.1) is 13.2 Å². The minimum atomic E-state index is -1.09. The van der Waals surface area contributed by atoms with Crippen LogP contribution in [0.5, 0.6) is 0 Å². The van der Waals surface area contributed by atoms with Crippen molar-refractivity contribution >= 4 is 11.9 Å². The van der Waals surface area contributed by atoms with E-state index in [0.717, 1.165) is 12.8 Å². The molecule has 0 aromatic heterocycles. The van der Waals surface area contributed by atoms with Crippen LogP contribution < -0.4 is 10.6 Å². The zero-order chi connectivity index (χ0) is 14.3. The molecule has 1 amide bonds. The number of hydrogen-bond acceptors (Lipinski definition) is 4. The van der Waals surface area contributed by atoms with Gasteiger partial charge in [0, 0.05) is 13.7 Å². The van der Waals surface area contributed by atoms with Crippen molar-refractivity contribution in [2.75, 3.05) is 26.8 Å². The number of amides is 1. The largest absolute Gasteiger partial charge is 0.480 e. The van der Waals surface area contributed by atoms with Gasteiger partial charge >= 0.3 is 5.97 Å². The van der Waals surface area contributed by atoms with Crippen molar-refractivity contribution in [3.8, 4) is 0 Å². The number of hydrogen-bond donors (Lipinski definition) is 3. The van der Waals surface area contributed by atoms with E-state index in [-0.39, 0.29) is 12.5 Å². The van der Waals surface area contributed by atoms with Crippen molar-refractivity contribution in [3.63, 3.8) is 0 Å². The molecule has 0 bridgehead atoms. The highest BCUT2D eigenvalue weighted by Crippen LogP contribution is 2.32. The lowest BCUT2D eigenvalue weighted by atomic mass is 9.76. The molecule has 1 fully saturated rings. The predicted molar refractivity (Wildman–Crippen MR) is 70.9 cm³/mol. The first-order chi connectivity index (χ1) is 9.00. The average molecular weight is 272 g/mol. The Hall–Kier alpha value is -1.14. The second-order valence-corrected chi connectivity index (χ2v) is 5.31. The highest BCUT2D eigenvalue weighted by molar-refractivity contribution is 5.88. The van der Waals surface area contributed by atoms with Crippen molar-refractivity contribution in [2.45, 2.75) is 38.1 Å². The third-order valence-electron chi connectivity index (χ3n) is 3.55. The van der Waals surface area contributed by atoms with Crippen LogP contribution in [0.4, 0.5) is 0 Å². The van der Waals surface area contributed by atoms with Crippen molar-refractivity contribution in [2.24, 2.45) is 5.92 Å². The second-order valence-electron chi connectivity index (χ2n) is 5.31. The fourth-order valence-electron chi connectivity index (χ4n) is 2.60. The van der Waals surface area contributed by atoms with Crippen LogP contribution in [0, 0.1) is 5.92 Å². The van der Waals surface area contributed by atoms with Gasteiger partial charge in [-0.1, -0.05) is 19.8 Å². The summed E-state index contributed by atoms with van der Waals surface area (Å²) in [5.74, 6) is -0.872. The molecule has 0 saturated heterocycles. The number of methoxy groups -OCH3 is 1. The first-order valence-electron chi connectivity index (χ1n) is 6.74. The molecule has 6 heteroatoms. The molecule has 3 N–H and O–H groups in total. The first-order valence-corrected chi connectivity index (χ1v) is 6.74. The first kappa shape index (κ1) is 15.9. The maximum atomic E-state index is 11.8. The molecule has 1 aliphatic carbocycles. The summed E-state index contributed by atoms with van der Waals surface area (Å²) in [4.78, 5) is 23.3. The monoisotopic (exact) mass is 272 g/mol. The van der Waals surface area contributed by atoms with Crippen LogP contribution in [-0.4, -0.2) is 49.3 Å². The number of rotatable bonds is 7. The Labute approximate surface area is 113 Å². The fourth-order valence-corrected chi connectivity index (χ4v) is 2.60. The fraction of sp³-hybridized carbons (Fsp3) is 0.846. The van der Waals surface area contributed by atoms with Gasteiger partial charge in [-0.15, -0.1) is 0 Å². The molecule has 1 aliphatic rings. The molecule has 0 spiro atoms. The number of carbonyl (C=O) groups excluding carboxylic acids is 1. The van der Waals surface area contributed by atoms with Crippen molar-refractivity contribution in [1.82, 2.24) is 10.6 Å². The zero-order valence-corrected chi connectivity index (χ0v) is 11.7. The van der Waals surface area contributed by atoms with Crippen LogP contribution >= 0.6 is 0 Å². The standard InChI is InChI=1S/C13H24N2O4/c1-10-4-3-5-13(8-10,12(17)18)15-11(16)9-14-6-7-19-2/h10,14H,3-9H2,1-2H3,(H,15,16)(H,17,18). The van der Waals surface area contributed by atoms with Crippen molar-refractivity contribution < 1.29 is 19.4 Å². The van der Waals surface area contributed by atoms with Crippen LogP contribution in [0.3, 0.4) is 0 Å². The molecular formula is C13H24N2O4. The van der Waals surface area contributed by atoms with E-state index in [9.17, 15) is 14.7 Å². The molecule has 0 radical (unpaired) electrons. The van der Waals surface area contributed by atoms with E-state index in [1.54, 1.807) is 7.11 Å². The summed E-state index contributed by atoms with van der Waals surface area (Å²) in [5.41, 5.74) is -1.09. The van der Waals surface area contributed by atoms with Gasteiger partial charge in [-0.2, -0.15) is 0 Å². The van der Waals surface area contributed by atoms with E-state index < -0.39 is 11.5 Å². The van der Waals surface area contributed by atoms with Gasteiger partial charge in [-0.3, -0.25) is 4.79 Å². The number of ether oxygens (including phenoxy) is 1. The molecule has 19 heavy (non-hydrogen) atoms. The van der Waals surface area contributed by atoms with E-state index in [1.165, 1.54) is 0 Å². The Morgan fingerprint density at radius 1 is 1.47 bits per heavy atom. The van der Waals surface area contributed by atoms with Gasteiger partial charge in [0.25, 0.3) is 0 Å². The smallest absolute Gasteiger partial charge is 0.329 e. The third kappa shape index (κ3) is 4.80. The summed E-state index contributed by atoms with van der Waals surface area (Å²) in [6.45, 7) is 3.24. The Bertz CT molecular complexity index is 322. The lowest BCUT2D eigenvalue weighted by molar-refractivity contribution is -0.149. The second kappa shape index (κ2) is 7.45.